The molecular formula is C26H30N4O5. The molecule has 0 unspecified atom stereocenters. The molecule has 3 aromatic rings. The summed E-state index contributed by atoms with van der Waals surface area (Å²) in [5.41, 5.74) is 6.58. The zero-order valence-corrected chi connectivity index (χ0v) is 20.5. The number of nitrogens with zero attached hydrogens (tertiary/aromatic N) is 2. The number of hydrogen-bond acceptors (Lipinski definition) is 6. The van der Waals surface area contributed by atoms with Crippen molar-refractivity contribution in [3.63, 3.8) is 0 Å². The Morgan fingerprint density at radius 1 is 1.00 bits per heavy atom. The number of nitrogens with one attached hydrogen (secondary N) is 2. The number of rotatable bonds is 9. The van der Waals surface area contributed by atoms with Crippen LogP contribution >= 0.6 is 0 Å². The predicted molar refractivity (Wildman–Crippen MR) is 131 cm³/mol. The van der Waals surface area contributed by atoms with Crippen LogP contribution in [0.4, 0.5) is 0 Å². The van der Waals surface area contributed by atoms with E-state index in [9.17, 15) is 14.4 Å². The van der Waals surface area contributed by atoms with Crippen LogP contribution in [-0.4, -0.2) is 41.1 Å². The highest BCUT2D eigenvalue weighted by molar-refractivity contribution is 6.43. The van der Waals surface area contributed by atoms with Crippen LogP contribution in [0.25, 0.3) is 5.69 Å². The van der Waals surface area contributed by atoms with Crippen molar-refractivity contribution in [1.82, 2.24) is 20.6 Å². The molecule has 1 aromatic heterocycles. The molecule has 2 aromatic carbocycles. The summed E-state index contributed by atoms with van der Waals surface area (Å²) in [6, 6.07) is 14.0. The molecule has 2 amide bonds. The number of aromatic nitrogens is 2. The zero-order chi connectivity index (χ0) is 25.5. The number of carbonyl (C=O) groups is 3. The SMILES string of the molecule is COc1cc(C(=O)NNC(=O)C(=O)c2c(C)nn(-c3ccccc3)c2C)ccc1OCCC(C)C. The van der Waals surface area contributed by atoms with Gasteiger partial charge in [-0.05, 0) is 56.5 Å². The van der Waals surface area contributed by atoms with Gasteiger partial charge >= 0.3 is 5.91 Å². The maximum absolute atomic E-state index is 12.8. The van der Waals surface area contributed by atoms with Gasteiger partial charge in [0.1, 0.15) is 0 Å². The van der Waals surface area contributed by atoms with Crippen LogP contribution in [0.2, 0.25) is 0 Å². The quantitative estimate of drug-likeness (QED) is 0.276. The number of Topliss-reactive ketones (excluding diaryl/α,β-unsaturated/α-hetero) is 1. The molecule has 0 aliphatic carbocycles. The van der Waals surface area contributed by atoms with Gasteiger partial charge in [0, 0.05) is 5.56 Å². The van der Waals surface area contributed by atoms with Gasteiger partial charge in [-0.25, -0.2) is 4.68 Å². The molecule has 9 heteroatoms. The lowest BCUT2D eigenvalue weighted by Gasteiger charge is -2.13. The monoisotopic (exact) mass is 478 g/mol. The maximum Gasteiger partial charge on any atom is 0.310 e. The molecule has 0 atom stereocenters. The van der Waals surface area contributed by atoms with Crippen molar-refractivity contribution in [2.45, 2.75) is 34.1 Å². The highest BCUT2D eigenvalue weighted by Gasteiger charge is 2.25. The van der Waals surface area contributed by atoms with Gasteiger partial charge in [0.2, 0.25) is 0 Å². The minimum atomic E-state index is -0.974. The molecule has 0 aliphatic rings. The number of para-hydroxylation sites is 1. The summed E-state index contributed by atoms with van der Waals surface area (Å²) in [6.45, 7) is 8.10. The van der Waals surface area contributed by atoms with Crippen LogP contribution in [0.1, 0.15) is 52.4 Å². The van der Waals surface area contributed by atoms with Gasteiger partial charge < -0.3 is 9.47 Å². The molecule has 2 N–H and O–H groups in total. The molecule has 1 heterocycles. The Hall–Kier alpha value is -4.14. The first kappa shape index (κ1) is 25.5. The van der Waals surface area contributed by atoms with Crippen LogP contribution in [0.3, 0.4) is 0 Å². The first-order chi connectivity index (χ1) is 16.7. The Bertz CT molecular complexity index is 1220. The minimum Gasteiger partial charge on any atom is -0.493 e. The molecular weight excluding hydrogens is 448 g/mol. The number of carbonyl (C=O) groups excluding carboxylic acids is 3. The van der Waals surface area contributed by atoms with Crippen LogP contribution in [-0.2, 0) is 4.79 Å². The summed E-state index contributed by atoms with van der Waals surface area (Å²) >= 11 is 0. The fourth-order valence-electron chi connectivity index (χ4n) is 3.48. The molecule has 0 fully saturated rings. The topological polar surface area (TPSA) is 112 Å². The Morgan fingerprint density at radius 2 is 1.71 bits per heavy atom. The first-order valence-corrected chi connectivity index (χ1v) is 11.3. The molecule has 35 heavy (non-hydrogen) atoms. The Balaban J connectivity index is 1.66. The third-order valence-electron chi connectivity index (χ3n) is 5.39. The lowest BCUT2D eigenvalue weighted by atomic mass is 10.1. The Kier molecular flexibility index (Phi) is 8.25. The minimum absolute atomic E-state index is 0.185. The number of hydrogen-bond donors (Lipinski definition) is 2. The molecule has 0 saturated heterocycles. The lowest BCUT2D eigenvalue weighted by molar-refractivity contribution is -0.117. The molecule has 9 nitrogen and oxygen atoms in total. The van der Waals surface area contributed by atoms with E-state index in [4.69, 9.17) is 9.47 Å². The molecule has 184 valence electrons. The van der Waals surface area contributed by atoms with Gasteiger partial charge in [0.05, 0.1) is 36.4 Å². The van der Waals surface area contributed by atoms with Gasteiger partial charge in [-0.3, -0.25) is 25.2 Å². The van der Waals surface area contributed by atoms with Crippen LogP contribution < -0.4 is 20.3 Å². The van der Waals surface area contributed by atoms with E-state index in [1.165, 1.54) is 13.2 Å². The summed E-state index contributed by atoms with van der Waals surface area (Å²) in [5.74, 6) is -0.968. The van der Waals surface area contributed by atoms with Gasteiger partial charge in [-0.1, -0.05) is 32.0 Å². The number of benzene rings is 2. The lowest BCUT2D eigenvalue weighted by Crippen LogP contribution is -2.45. The van der Waals surface area contributed by atoms with E-state index in [-0.39, 0.29) is 11.1 Å². The Morgan fingerprint density at radius 3 is 2.37 bits per heavy atom. The molecule has 0 saturated carbocycles. The van der Waals surface area contributed by atoms with Gasteiger partial charge in [-0.15, -0.1) is 0 Å². The van der Waals surface area contributed by atoms with Crippen LogP contribution in [0, 0.1) is 19.8 Å². The predicted octanol–water partition coefficient (Wildman–Crippen LogP) is 3.57. The first-order valence-electron chi connectivity index (χ1n) is 11.3. The highest BCUT2D eigenvalue weighted by atomic mass is 16.5. The van der Waals surface area contributed by atoms with Crippen molar-refractivity contribution < 1.29 is 23.9 Å². The fourth-order valence-corrected chi connectivity index (χ4v) is 3.48. The Labute approximate surface area is 204 Å². The standard InChI is InChI=1S/C26H30N4O5/c1-16(2)13-14-35-21-12-11-19(15-22(21)34-5)25(32)27-28-26(33)24(31)23-17(3)29-30(18(23)4)20-9-7-6-8-10-20/h6-12,15-16H,13-14H2,1-5H3,(H,27,32)(H,28,33). The van der Waals surface area contributed by atoms with E-state index in [0.29, 0.717) is 35.4 Å². The third-order valence-corrected chi connectivity index (χ3v) is 5.39. The van der Waals surface area contributed by atoms with Crippen molar-refractivity contribution in [1.29, 1.82) is 0 Å². The summed E-state index contributed by atoms with van der Waals surface area (Å²) in [6.07, 6.45) is 0.884. The summed E-state index contributed by atoms with van der Waals surface area (Å²) in [7, 11) is 1.48. The average Bonchev–Trinajstić information content (AvgIpc) is 3.15. The smallest absolute Gasteiger partial charge is 0.310 e. The second kappa shape index (κ2) is 11.3. The maximum atomic E-state index is 12.8. The zero-order valence-electron chi connectivity index (χ0n) is 20.5. The van der Waals surface area contributed by atoms with Crippen LogP contribution in [0.5, 0.6) is 11.5 Å². The van der Waals surface area contributed by atoms with E-state index >= 15 is 0 Å². The third kappa shape index (κ3) is 6.06. The van der Waals surface area contributed by atoms with E-state index in [1.807, 2.05) is 30.3 Å². The van der Waals surface area contributed by atoms with E-state index < -0.39 is 17.6 Å². The summed E-state index contributed by atoms with van der Waals surface area (Å²) in [5, 5.41) is 4.39. The fraction of sp³-hybridized carbons (Fsp3) is 0.308. The summed E-state index contributed by atoms with van der Waals surface area (Å²) < 4.78 is 12.7. The normalized spacial score (nSPS) is 10.7. The average molecular weight is 479 g/mol. The highest BCUT2D eigenvalue weighted by Crippen LogP contribution is 2.28. The number of methoxy groups -OCH3 is 1. The van der Waals surface area contributed by atoms with Gasteiger partial charge in [-0.2, -0.15) is 5.10 Å². The van der Waals surface area contributed by atoms with Crippen molar-refractivity contribution in [3.05, 3.63) is 71.0 Å². The second-order valence-corrected chi connectivity index (χ2v) is 8.43. The van der Waals surface area contributed by atoms with Crippen molar-refractivity contribution in [3.8, 4) is 17.2 Å². The van der Waals surface area contributed by atoms with Gasteiger partial charge in [0.25, 0.3) is 11.7 Å². The van der Waals surface area contributed by atoms with Crippen molar-refractivity contribution in [2.75, 3.05) is 13.7 Å². The molecule has 0 bridgehead atoms. The number of ketones is 1. The van der Waals surface area contributed by atoms with Crippen molar-refractivity contribution >= 4 is 17.6 Å². The number of amides is 2. The largest absolute Gasteiger partial charge is 0.493 e. The molecule has 0 spiro atoms. The molecule has 3 rings (SSSR count). The van der Waals surface area contributed by atoms with Gasteiger partial charge in [0.15, 0.2) is 11.5 Å². The number of aryl methyl sites for hydroxylation is 1. The molecule has 0 radical (unpaired) electrons. The van der Waals surface area contributed by atoms with Crippen LogP contribution in [0.15, 0.2) is 48.5 Å². The second-order valence-electron chi connectivity index (χ2n) is 8.43. The van der Waals surface area contributed by atoms with Crippen molar-refractivity contribution in [2.24, 2.45) is 5.92 Å². The summed E-state index contributed by atoms with van der Waals surface area (Å²) in [4.78, 5) is 37.9. The van der Waals surface area contributed by atoms with E-state index in [1.54, 1.807) is 30.7 Å². The van der Waals surface area contributed by atoms with E-state index in [0.717, 1.165) is 12.1 Å². The van der Waals surface area contributed by atoms with E-state index in [2.05, 4.69) is 29.8 Å². The number of ether oxygens (including phenoxy) is 2. The number of hydrazine groups is 1. The molecule has 0 aliphatic heterocycles.